The highest BCUT2D eigenvalue weighted by molar-refractivity contribution is 6.31. The zero-order valence-corrected chi connectivity index (χ0v) is 15.9. The summed E-state index contributed by atoms with van der Waals surface area (Å²) in [6.07, 6.45) is 5.48. The van der Waals surface area contributed by atoms with Crippen LogP contribution in [-0.2, 0) is 12.8 Å². The Balaban J connectivity index is 1.32. The van der Waals surface area contributed by atoms with E-state index in [4.69, 9.17) is 16.3 Å². The van der Waals surface area contributed by atoms with Gasteiger partial charge in [0.15, 0.2) is 5.78 Å². The maximum absolute atomic E-state index is 12.4. The molecule has 26 heavy (non-hydrogen) atoms. The van der Waals surface area contributed by atoms with E-state index in [0.29, 0.717) is 6.42 Å². The molecule has 0 saturated carbocycles. The summed E-state index contributed by atoms with van der Waals surface area (Å²) in [4.78, 5) is 12.4. The van der Waals surface area contributed by atoms with Gasteiger partial charge in [-0.1, -0.05) is 29.8 Å². The molecule has 4 heteroatoms. The molecule has 1 aliphatic heterocycles. The molecule has 0 fully saturated rings. The first-order valence-electron chi connectivity index (χ1n) is 9.47. The van der Waals surface area contributed by atoms with Crippen LogP contribution in [0.1, 0.15) is 47.2 Å². The van der Waals surface area contributed by atoms with E-state index in [0.717, 1.165) is 68.1 Å². The number of halogens is 1. The number of unbranched alkanes of at least 4 members (excludes halogenated alkanes) is 1. The predicted octanol–water partition coefficient (Wildman–Crippen LogP) is 4.85. The maximum Gasteiger partial charge on any atom is 0.162 e. The van der Waals surface area contributed by atoms with Crippen molar-refractivity contribution in [2.24, 2.45) is 0 Å². The number of fused-ring (bicyclic) bond motifs is 1. The summed E-state index contributed by atoms with van der Waals surface area (Å²) >= 11 is 6.15. The molecule has 0 spiro atoms. The van der Waals surface area contributed by atoms with Crippen molar-refractivity contribution in [3.05, 3.63) is 64.2 Å². The average molecular weight is 372 g/mol. The van der Waals surface area contributed by atoms with Crippen LogP contribution in [-0.4, -0.2) is 25.5 Å². The fourth-order valence-corrected chi connectivity index (χ4v) is 3.49. The number of ether oxygens (including phenoxy) is 1. The van der Waals surface area contributed by atoms with Gasteiger partial charge < -0.3 is 10.1 Å². The Bertz CT molecular complexity index is 745. The number of rotatable bonds is 9. The van der Waals surface area contributed by atoms with Crippen LogP contribution in [0.4, 0.5) is 0 Å². The highest BCUT2D eigenvalue weighted by Crippen LogP contribution is 2.26. The van der Waals surface area contributed by atoms with Gasteiger partial charge >= 0.3 is 0 Å². The van der Waals surface area contributed by atoms with Crippen molar-refractivity contribution < 1.29 is 9.53 Å². The van der Waals surface area contributed by atoms with Gasteiger partial charge in [0, 0.05) is 17.0 Å². The van der Waals surface area contributed by atoms with Crippen molar-refractivity contribution in [3.63, 3.8) is 0 Å². The Labute approximate surface area is 160 Å². The predicted molar refractivity (Wildman–Crippen MR) is 106 cm³/mol. The topological polar surface area (TPSA) is 38.3 Å². The third-order valence-electron chi connectivity index (χ3n) is 4.77. The minimum Gasteiger partial charge on any atom is -0.493 e. The van der Waals surface area contributed by atoms with Crippen LogP contribution in [0, 0.1) is 0 Å². The standard InChI is InChI=1S/C22H26ClNO2/c23-20-8-2-1-6-17(20)12-14-24-13-4-3-9-21(25)18-10-11-22-19(16-18)7-5-15-26-22/h1-2,6,8,10-11,16,24H,3-5,7,9,12-15H2. The smallest absolute Gasteiger partial charge is 0.162 e. The molecule has 2 aromatic rings. The van der Waals surface area contributed by atoms with E-state index in [1.54, 1.807) is 0 Å². The van der Waals surface area contributed by atoms with Gasteiger partial charge in [-0.2, -0.15) is 0 Å². The van der Waals surface area contributed by atoms with Crippen LogP contribution >= 0.6 is 11.6 Å². The van der Waals surface area contributed by atoms with Crippen LogP contribution in [0.25, 0.3) is 0 Å². The lowest BCUT2D eigenvalue weighted by molar-refractivity contribution is 0.0979. The molecule has 0 amide bonds. The first-order valence-corrected chi connectivity index (χ1v) is 9.85. The zero-order chi connectivity index (χ0) is 18.2. The number of hydrogen-bond acceptors (Lipinski definition) is 3. The van der Waals surface area contributed by atoms with E-state index >= 15 is 0 Å². The second kappa shape index (κ2) is 9.75. The minimum atomic E-state index is 0.231. The highest BCUT2D eigenvalue weighted by Gasteiger charge is 2.13. The van der Waals surface area contributed by atoms with Gasteiger partial charge in [-0.3, -0.25) is 4.79 Å². The van der Waals surface area contributed by atoms with Crippen LogP contribution in [0.15, 0.2) is 42.5 Å². The number of hydrogen-bond donors (Lipinski definition) is 1. The monoisotopic (exact) mass is 371 g/mol. The van der Waals surface area contributed by atoms with Crippen LogP contribution in [0.5, 0.6) is 5.75 Å². The number of carbonyl (C=O) groups excluding carboxylic acids is 1. The van der Waals surface area contributed by atoms with E-state index in [9.17, 15) is 4.79 Å². The van der Waals surface area contributed by atoms with Gasteiger partial charge in [0.2, 0.25) is 0 Å². The molecule has 138 valence electrons. The molecule has 3 nitrogen and oxygen atoms in total. The van der Waals surface area contributed by atoms with Gasteiger partial charge in [-0.15, -0.1) is 0 Å². The van der Waals surface area contributed by atoms with Crippen molar-refractivity contribution in [1.82, 2.24) is 5.32 Å². The molecule has 0 aromatic heterocycles. The summed E-state index contributed by atoms with van der Waals surface area (Å²) in [7, 11) is 0. The molecule has 2 aromatic carbocycles. The highest BCUT2D eigenvalue weighted by atomic mass is 35.5. The Morgan fingerprint density at radius 3 is 2.88 bits per heavy atom. The first-order chi connectivity index (χ1) is 12.7. The fraction of sp³-hybridized carbons (Fsp3) is 0.409. The number of nitrogens with one attached hydrogen (secondary N) is 1. The molecular weight excluding hydrogens is 346 g/mol. The van der Waals surface area contributed by atoms with Crippen molar-refractivity contribution in [1.29, 1.82) is 0 Å². The largest absolute Gasteiger partial charge is 0.493 e. The molecule has 0 aliphatic carbocycles. The summed E-state index contributed by atoms with van der Waals surface area (Å²) in [5.41, 5.74) is 3.16. The molecule has 0 saturated heterocycles. The van der Waals surface area contributed by atoms with E-state index in [1.165, 1.54) is 11.1 Å². The van der Waals surface area contributed by atoms with E-state index in [-0.39, 0.29) is 5.78 Å². The van der Waals surface area contributed by atoms with E-state index in [1.807, 2.05) is 36.4 Å². The van der Waals surface area contributed by atoms with Crippen LogP contribution in [0.2, 0.25) is 5.02 Å². The summed E-state index contributed by atoms with van der Waals surface area (Å²) in [6.45, 7) is 2.61. The maximum atomic E-state index is 12.4. The Morgan fingerprint density at radius 1 is 1.12 bits per heavy atom. The number of aryl methyl sites for hydroxylation is 1. The quantitative estimate of drug-likeness (QED) is 0.505. The molecule has 1 heterocycles. The second-order valence-corrected chi connectivity index (χ2v) is 7.15. The van der Waals surface area contributed by atoms with Crippen molar-refractivity contribution in [2.45, 2.75) is 38.5 Å². The molecule has 1 aliphatic rings. The van der Waals surface area contributed by atoms with Crippen molar-refractivity contribution in [2.75, 3.05) is 19.7 Å². The fourth-order valence-electron chi connectivity index (χ4n) is 3.26. The average Bonchev–Trinajstić information content (AvgIpc) is 2.68. The van der Waals surface area contributed by atoms with Gasteiger partial charge in [0.05, 0.1) is 6.61 Å². The normalized spacial score (nSPS) is 13.1. The third kappa shape index (κ3) is 5.33. The number of benzene rings is 2. The van der Waals surface area contributed by atoms with E-state index in [2.05, 4.69) is 11.4 Å². The zero-order valence-electron chi connectivity index (χ0n) is 15.1. The van der Waals surface area contributed by atoms with Gasteiger partial charge in [-0.25, -0.2) is 0 Å². The van der Waals surface area contributed by atoms with E-state index < -0.39 is 0 Å². The second-order valence-electron chi connectivity index (χ2n) is 6.75. The summed E-state index contributed by atoms with van der Waals surface area (Å²) < 4.78 is 5.61. The lowest BCUT2D eigenvalue weighted by Gasteiger charge is -2.17. The van der Waals surface area contributed by atoms with Gasteiger partial charge in [0.1, 0.15) is 5.75 Å². The van der Waals surface area contributed by atoms with Crippen molar-refractivity contribution >= 4 is 17.4 Å². The first kappa shape index (κ1) is 18.9. The minimum absolute atomic E-state index is 0.231. The summed E-state index contributed by atoms with van der Waals surface area (Å²) in [5.74, 6) is 1.17. The molecule has 0 radical (unpaired) electrons. The Morgan fingerprint density at radius 2 is 2.00 bits per heavy atom. The summed E-state index contributed by atoms with van der Waals surface area (Å²) in [5, 5.41) is 4.26. The van der Waals surface area contributed by atoms with Gasteiger partial charge in [-0.05, 0) is 80.6 Å². The number of carbonyl (C=O) groups is 1. The third-order valence-corrected chi connectivity index (χ3v) is 5.14. The molecule has 1 N–H and O–H groups in total. The molecule has 0 atom stereocenters. The summed E-state index contributed by atoms with van der Waals surface area (Å²) in [6, 6.07) is 13.8. The van der Waals surface area contributed by atoms with Crippen molar-refractivity contribution in [3.8, 4) is 5.75 Å². The van der Waals surface area contributed by atoms with Gasteiger partial charge in [0.25, 0.3) is 0 Å². The van der Waals surface area contributed by atoms with Crippen LogP contribution in [0.3, 0.4) is 0 Å². The van der Waals surface area contributed by atoms with Crippen LogP contribution < -0.4 is 10.1 Å². The molecule has 0 unspecified atom stereocenters. The molecule has 3 rings (SSSR count). The lowest BCUT2D eigenvalue weighted by Crippen LogP contribution is -2.18. The molecular formula is C22H26ClNO2. The lowest BCUT2D eigenvalue weighted by atomic mass is 9.99. The number of Topliss-reactive ketones (excluding diaryl/α,β-unsaturated/α-hetero) is 1. The number of ketones is 1. The Hall–Kier alpha value is -1.84. The Kier molecular flexibility index (Phi) is 7.10. The SMILES string of the molecule is O=C(CCCCNCCc1ccccc1Cl)c1ccc2c(c1)CCCO2. The molecule has 0 bridgehead atoms.